The monoisotopic (exact) mass is 1100 g/mol. The van der Waals surface area contributed by atoms with E-state index in [0.717, 1.165) is 21.9 Å². The standard InChI is InChI=1S/C47H43Cl2F4N9O10S2/c1-23(2)11-39-56-58-42(71-39)29-13-35-37(15-32(29)51)74(68,69)38(40(55)45(64)62(35)18-25-5-9-28(49)10-6-25)20-70-46(65)60-19-26(16-47(52,53)22-60)41-57-59-43(72-41)30-12-34-36(14-31(30)50)73(66,67)21-33(54)44(63)61(34)17-24-3-7-27(48)8-4-24/h3-10,12-15,23,26,33,38,40H,11,16-22,54-55H2,1-2H3/t26?,33-,38?,40-/m0/s1. The molecule has 0 spiro atoms. The van der Waals surface area contributed by atoms with Gasteiger partial charge in [0.25, 0.3) is 17.7 Å². The van der Waals surface area contributed by atoms with Crippen molar-refractivity contribution in [2.75, 3.05) is 35.2 Å². The Hall–Kier alpha value is -6.51. The second-order valence-corrected chi connectivity index (χ2v) is 23.5. The van der Waals surface area contributed by atoms with Crippen LogP contribution >= 0.6 is 23.2 Å². The zero-order valence-corrected chi connectivity index (χ0v) is 42.1. The molecule has 3 aliphatic rings. The van der Waals surface area contributed by atoms with E-state index in [0.29, 0.717) is 44.6 Å². The maximum atomic E-state index is 16.1. The van der Waals surface area contributed by atoms with Crippen molar-refractivity contribution < 1.29 is 62.4 Å². The van der Waals surface area contributed by atoms with Gasteiger partial charge >= 0.3 is 6.09 Å². The second kappa shape index (κ2) is 20.0. The van der Waals surface area contributed by atoms with Crippen molar-refractivity contribution in [2.45, 2.75) is 78.7 Å². The Labute approximate surface area is 429 Å². The van der Waals surface area contributed by atoms with Gasteiger partial charge in [0, 0.05) is 29.4 Å². The van der Waals surface area contributed by atoms with Gasteiger partial charge in [0.1, 0.15) is 29.5 Å². The van der Waals surface area contributed by atoms with Gasteiger partial charge in [-0.3, -0.25) is 9.59 Å². The fraction of sp³-hybridized carbons (Fsp3) is 0.340. The fourth-order valence-corrected chi connectivity index (χ4v) is 12.5. The number of alkyl halides is 2. The molecule has 5 heterocycles. The predicted molar refractivity (Wildman–Crippen MR) is 257 cm³/mol. The van der Waals surface area contributed by atoms with Gasteiger partial charge in [-0.15, -0.1) is 20.4 Å². The van der Waals surface area contributed by atoms with Crippen LogP contribution in [-0.4, -0.2) is 109 Å². The summed E-state index contributed by atoms with van der Waals surface area (Å²) in [5, 5.41) is 14.3. The minimum absolute atomic E-state index is 0.0872. The van der Waals surface area contributed by atoms with Gasteiger partial charge in [0.05, 0.1) is 69.6 Å². The van der Waals surface area contributed by atoms with Crippen LogP contribution in [0.5, 0.6) is 0 Å². The third kappa shape index (κ3) is 10.4. The molecule has 2 aromatic heterocycles. The Morgan fingerprint density at radius 2 is 1.34 bits per heavy atom. The van der Waals surface area contributed by atoms with Crippen LogP contribution in [0.1, 0.15) is 49.1 Å². The molecule has 19 nitrogen and oxygen atoms in total. The molecule has 390 valence electrons. The number of piperidine rings is 1. The van der Waals surface area contributed by atoms with Gasteiger partial charge < -0.3 is 39.7 Å². The van der Waals surface area contributed by atoms with Crippen molar-refractivity contribution in [1.82, 2.24) is 25.3 Å². The third-order valence-corrected chi connectivity index (χ3v) is 17.0. The fourth-order valence-electron chi connectivity index (χ4n) is 8.86. The Morgan fingerprint density at radius 3 is 1.93 bits per heavy atom. The van der Waals surface area contributed by atoms with Crippen molar-refractivity contribution in [2.24, 2.45) is 17.4 Å². The van der Waals surface area contributed by atoms with Gasteiger partial charge in [-0.05, 0) is 65.6 Å². The molecular formula is C47H43Cl2F4N9O10S2. The lowest BCUT2D eigenvalue weighted by atomic mass is 9.95. The van der Waals surface area contributed by atoms with Crippen molar-refractivity contribution in [3.63, 3.8) is 0 Å². The zero-order valence-electron chi connectivity index (χ0n) is 38.9. The van der Waals surface area contributed by atoms with E-state index in [1.54, 1.807) is 36.4 Å². The van der Waals surface area contributed by atoms with Gasteiger partial charge in [-0.2, -0.15) is 0 Å². The predicted octanol–water partition coefficient (Wildman–Crippen LogP) is 6.50. The molecule has 6 aromatic rings. The number of carbonyl (C=O) groups excluding carboxylic acids is 3. The third-order valence-electron chi connectivity index (χ3n) is 12.5. The molecule has 9 rings (SSSR count). The number of anilines is 2. The summed E-state index contributed by atoms with van der Waals surface area (Å²) in [5.74, 6) is -11.2. The number of likely N-dealkylation sites (tertiary alicyclic amines) is 1. The van der Waals surface area contributed by atoms with Crippen molar-refractivity contribution in [1.29, 1.82) is 0 Å². The SMILES string of the molecule is CC(C)Cc1nnc(-c2cc3c(cc2F)S(=O)(=O)C(COC(=O)N2CC(c4nnc(-c5cc6c(cc5F)S(=O)(=O)C[C@H](N)C(=O)N6Cc5ccc(Cl)cc5)o4)CC(F)(F)C2)[C@H](N)C(=O)N3Cc2ccc(Cl)cc2)o1. The number of ether oxygens (including phenoxy) is 1. The number of aromatic nitrogens is 4. The molecule has 3 aliphatic heterocycles. The largest absolute Gasteiger partial charge is 0.448 e. The Balaban J connectivity index is 0.980. The van der Waals surface area contributed by atoms with E-state index in [1.165, 1.54) is 12.1 Å². The van der Waals surface area contributed by atoms with E-state index in [-0.39, 0.29) is 47.7 Å². The lowest BCUT2D eigenvalue weighted by Gasteiger charge is -2.35. The molecule has 2 unspecified atom stereocenters. The minimum atomic E-state index is -4.93. The summed E-state index contributed by atoms with van der Waals surface area (Å²) in [7, 11) is -9.28. The number of hydrogen-bond donors (Lipinski definition) is 2. The molecule has 0 bridgehead atoms. The average molecular weight is 1100 g/mol. The summed E-state index contributed by atoms with van der Waals surface area (Å²) in [5.41, 5.74) is 11.9. The number of carbonyl (C=O) groups is 3. The summed E-state index contributed by atoms with van der Waals surface area (Å²) in [6, 6.07) is 12.3. The highest BCUT2D eigenvalue weighted by molar-refractivity contribution is 7.92. The van der Waals surface area contributed by atoms with Crippen LogP contribution in [0.3, 0.4) is 0 Å². The normalized spacial score (nSPS) is 21.3. The van der Waals surface area contributed by atoms with Gasteiger partial charge in [0.2, 0.25) is 23.6 Å². The molecule has 1 saturated heterocycles. The zero-order chi connectivity index (χ0) is 53.2. The van der Waals surface area contributed by atoms with Gasteiger partial charge in [0.15, 0.2) is 19.7 Å². The highest BCUT2D eigenvalue weighted by atomic mass is 35.5. The number of benzene rings is 4. The lowest BCUT2D eigenvalue weighted by Crippen LogP contribution is -2.53. The number of fused-ring (bicyclic) bond motifs is 2. The van der Waals surface area contributed by atoms with Crippen LogP contribution in [0.25, 0.3) is 22.9 Å². The molecule has 0 saturated carbocycles. The van der Waals surface area contributed by atoms with Crippen LogP contribution in [0.2, 0.25) is 10.0 Å². The van der Waals surface area contributed by atoms with Crippen LogP contribution in [-0.2, 0) is 53.5 Å². The van der Waals surface area contributed by atoms with E-state index in [2.05, 4.69) is 20.4 Å². The van der Waals surface area contributed by atoms with Gasteiger partial charge in [-0.1, -0.05) is 61.3 Å². The van der Waals surface area contributed by atoms with Gasteiger partial charge in [-0.25, -0.2) is 39.2 Å². The maximum Gasteiger partial charge on any atom is 0.410 e. The molecule has 0 aliphatic carbocycles. The Kier molecular flexibility index (Phi) is 14.1. The number of amides is 3. The summed E-state index contributed by atoms with van der Waals surface area (Å²) in [6.45, 7) is 0.271. The van der Waals surface area contributed by atoms with E-state index < -0.39 is 137 Å². The first-order valence-corrected chi connectivity index (χ1v) is 26.6. The van der Waals surface area contributed by atoms with Crippen LogP contribution in [0.4, 0.5) is 33.7 Å². The molecule has 27 heteroatoms. The Bertz CT molecular complexity index is 3420. The topological polar surface area (TPSA) is 268 Å². The first-order valence-electron chi connectivity index (χ1n) is 22.6. The van der Waals surface area contributed by atoms with Crippen LogP contribution < -0.4 is 21.3 Å². The van der Waals surface area contributed by atoms with E-state index in [4.69, 9.17) is 48.2 Å². The molecule has 4 aromatic carbocycles. The lowest BCUT2D eigenvalue weighted by molar-refractivity contribution is -0.120. The number of hydrogen-bond acceptors (Lipinski definition) is 16. The van der Waals surface area contributed by atoms with Crippen LogP contribution in [0.15, 0.2) is 91.4 Å². The first kappa shape index (κ1) is 52.4. The summed E-state index contributed by atoms with van der Waals surface area (Å²) in [4.78, 5) is 43.0. The summed E-state index contributed by atoms with van der Waals surface area (Å²) >= 11 is 12.1. The highest BCUT2D eigenvalue weighted by Gasteiger charge is 2.49. The van der Waals surface area contributed by atoms with Crippen molar-refractivity contribution >= 4 is 72.2 Å². The molecule has 3 amide bonds. The number of nitrogens with two attached hydrogens (primary N) is 2. The number of sulfone groups is 2. The first-order chi connectivity index (χ1) is 34.9. The molecule has 4 N–H and O–H groups in total. The Morgan fingerprint density at radius 1 is 0.797 bits per heavy atom. The summed E-state index contributed by atoms with van der Waals surface area (Å²) in [6.07, 6.45) is -2.10. The number of nitrogens with zero attached hydrogens (tertiary/aromatic N) is 7. The molecule has 1 fully saturated rings. The average Bonchev–Trinajstić information content (AvgIpc) is 4.01. The molecular weight excluding hydrogens is 1060 g/mol. The number of rotatable bonds is 11. The molecule has 74 heavy (non-hydrogen) atoms. The second-order valence-electron chi connectivity index (χ2n) is 18.5. The summed E-state index contributed by atoms with van der Waals surface area (Å²) < 4.78 is 136. The molecule has 4 atom stereocenters. The highest BCUT2D eigenvalue weighted by Crippen LogP contribution is 2.42. The van der Waals surface area contributed by atoms with E-state index >= 15 is 17.6 Å². The van der Waals surface area contributed by atoms with E-state index in [1.807, 2.05) is 13.8 Å². The molecule has 0 radical (unpaired) electrons. The minimum Gasteiger partial charge on any atom is -0.448 e. The maximum absolute atomic E-state index is 16.1. The van der Waals surface area contributed by atoms with Crippen molar-refractivity contribution in [3.05, 3.63) is 117 Å². The van der Waals surface area contributed by atoms with Crippen molar-refractivity contribution in [3.8, 4) is 22.9 Å². The van der Waals surface area contributed by atoms with Crippen LogP contribution in [0, 0.1) is 17.6 Å². The quantitative estimate of drug-likeness (QED) is 0.131. The van der Waals surface area contributed by atoms with E-state index in [9.17, 15) is 31.2 Å². The smallest absolute Gasteiger partial charge is 0.410 e. The number of halogens is 6.